The number of hydrogen-bond donors (Lipinski definition) is 1. The molecule has 0 aromatic heterocycles. The molecule has 0 saturated carbocycles. The van der Waals surface area contributed by atoms with Gasteiger partial charge in [0, 0.05) is 12.1 Å². The zero-order chi connectivity index (χ0) is 13.1. The van der Waals surface area contributed by atoms with E-state index in [2.05, 4.69) is 11.4 Å². The monoisotopic (exact) mass is 230 g/mol. The molecule has 1 N–H and O–H groups in total. The predicted molar refractivity (Wildman–Crippen MR) is 68.6 cm³/mol. The van der Waals surface area contributed by atoms with Crippen LogP contribution in [0.5, 0.6) is 0 Å². The van der Waals surface area contributed by atoms with Crippen LogP contribution in [0, 0.1) is 23.7 Å². The van der Waals surface area contributed by atoms with Gasteiger partial charge in [-0.05, 0) is 30.0 Å². The average Bonchev–Trinajstić information content (AvgIpc) is 2.18. The molecule has 17 heavy (non-hydrogen) atoms. The maximum Gasteiger partial charge on any atom is 0.224 e. The summed E-state index contributed by atoms with van der Waals surface area (Å²) in [5.41, 5.74) is 2.20. The molecule has 0 aliphatic carbocycles. The summed E-state index contributed by atoms with van der Waals surface area (Å²) in [4.78, 5) is 11.8. The highest BCUT2D eigenvalue weighted by Gasteiger charge is 2.16. The number of carbonyl (C=O) groups excluding carboxylic acids is 1. The Morgan fingerprint density at radius 3 is 2.59 bits per heavy atom. The number of nitriles is 1. The van der Waals surface area contributed by atoms with E-state index in [1.54, 1.807) is 12.1 Å². The first-order valence-corrected chi connectivity index (χ1v) is 5.62. The Hall–Kier alpha value is -1.82. The van der Waals surface area contributed by atoms with Gasteiger partial charge in [0.25, 0.3) is 0 Å². The van der Waals surface area contributed by atoms with Crippen LogP contribution in [0.3, 0.4) is 0 Å². The minimum atomic E-state index is -0.0369. The number of carbonyl (C=O) groups is 1. The fraction of sp³-hybridized carbons (Fsp3) is 0.429. The van der Waals surface area contributed by atoms with Crippen LogP contribution in [-0.4, -0.2) is 5.91 Å². The molecule has 0 fully saturated rings. The molecule has 1 amide bonds. The first kappa shape index (κ1) is 13.2. The van der Waals surface area contributed by atoms with Gasteiger partial charge in [-0.25, -0.2) is 0 Å². The smallest absolute Gasteiger partial charge is 0.224 e. The van der Waals surface area contributed by atoms with Crippen molar-refractivity contribution in [3.05, 3.63) is 29.3 Å². The highest BCUT2D eigenvalue weighted by molar-refractivity contribution is 5.92. The molecule has 3 heteroatoms. The van der Waals surface area contributed by atoms with Crippen molar-refractivity contribution >= 4 is 11.6 Å². The first-order chi connectivity index (χ1) is 7.81. The third kappa shape index (κ3) is 4.28. The van der Waals surface area contributed by atoms with E-state index in [0.717, 1.165) is 11.3 Å². The number of nitrogens with zero attached hydrogens (tertiary/aromatic N) is 1. The fourth-order valence-corrected chi connectivity index (χ4v) is 1.50. The predicted octanol–water partition coefficient (Wildman–Crippen LogP) is 3.24. The minimum Gasteiger partial charge on any atom is -0.326 e. The largest absolute Gasteiger partial charge is 0.326 e. The van der Waals surface area contributed by atoms with E-state index in [9.17, 15) is 4.79 Å². The summed E-state index contributed by atoms with van der Waals surface area (Å²) < 4.78 is 0. The third-order valence-electron chi connectivity index (χ3n) is 2.33. The van der Waals surface area contributed by atoms with Crippen LogP contribution in [0.4, 0.5) is 5.69 Å². The Labute approximate surface area is 102 Å². The molecule has 0 aliphatic rings. The Morgan fingerprint density at radius 2 is 2.06 bits per heavy atom. The molecule has 0 heterocycles. The molecular weight excluding hydrogens is 212 g/mol. The van der Waals surface area contributed by atoms with E-state index in [4.69, 9.17) is 5.26 Å². The zero-order valence-electron chi connectivity index (χ0n) is 10.8. The Kier molecular flexibility index (Phi) is 3.90. The van der Waals surface area contributed by atoms with Crippen LogP contribution in [-0.2, 0) is 4.79 Å². The Morgan fingerprint density at radius 1 is 1.41 bits per heavy atom. The molecule has 0 atom stereocenters. The van der Waals surface area contributed by atoms with E-state index in [0.29, 0.717) is 12.0 Å². The molecule has 0 aliphatic heterocycles. The molecule has 0 bridgehead atoms. The van der Waals surface area contributed by atoms with Crippen LogP contribution < -0.4 is 5.32 Å². The van der Waals surface area contributed by atoms with E-state index < -0.39 is 0 Å². The molecule has 3 nitrogen and oxygen atoms in total. The lowest BCUT2D eigenvalue weighted by molar-refractivity contribution is -0.117. The molecule has 1 rings (SSSR count). The number of amides is 1. The van der Waals surface area contributed by atoms with Gasteiger partial charge in [-0.3, -0.25) is 4.79 Å². The molecule has 1 aromatic carbocycles. The number of hydrogen-bond acceptors (Lipinski definition) is 2. The normalized spacial score (nSPS) is 10.8. The Balaban J connectivity index is 2.82. The van der Waals surface area contributed by atoms with Crippen molar-refractivity contribution in [2.24, 2.45) is 5.41 Å². The second-order valence-corrected chi connectivity index (χ2v) is 5.43. The summed E-state index contributed by atoms with van der Waals surface area (Å²) in [5.74, 6) is -0.0179. The van der Waals surface area contributed by atoms with Gasteiger partial charge in [0.1, 0.15) is 0 Å². The summed E-state index contributed by atoms with van der Waals surface area (Å²) >= 11 is 0. The van der Waals surface area contributed by atoms with Crippen molar-refractivity contribution in [1.29, 1.82) is 5.26 Å². The van der Waals surface area contributed by atoms with Crippen LogP contribution >= 0.6 is 0 Å². The number of benzene rings is 1. The SMILES string of the molecule is Cc1ccc(C#N)cc1NC(=O)CC(C)(C)C. The summed E-state index contributed by atoms with van der Waals surface area (Å²) in [6, 6.07) is 7.35. The standard InChI is InChI=1S/C14H18N2O/c1-10-5-6-11(9-15)7-12(10)16-13(17)8-14(2,3)4/h5-7H,8H2,1-4H3,(H,16,17). The van der Waals surface area contributed by atoms with E-state index in [-0.39, 0.29) is 11.3 Å². The summed E-state index contributed by atoms with van der Waals surface area (Å²) in [6.45, 7) is 7.97. The van der Waals surface area contributed by atoms with Gasteiger partial charge in [0.2, 0.25) is 5.91 Å². The highest BCUT2D eigenvalue weighted by Crippen LogP contribution is 2.21. The lowest BCUT2D eigenvalue weighted by Gasteiger charge is -2.18. The van der Waals surface area contributed by atoms with Crippen molar-refractivity contribution in [3.8, 4) is 6.07 Å². The van der Waals surface area contributed by atoms with Crippen LogP contribution in [0.1, 0.15) is 38.3 Å². The molecule has 0 radical (unpaired) electrons. The van der Waals surface area contributed by atoms with Gasteiger partial charge in [-0.2, -0.15) is 5.26 Å². The van der Waals surface area contributed by atoms with Gasteiger partial charge < -0.3 is 5.32 Å². The lowest BCUT2D eigenvalue weighted by atomic mass is 9.92. The van der Waals surface area contributed by atoms with Crippen LogP contribution in [0.2, 0.25) is 0 Å². The quantitative estimate of drug-likeness (QED) is 0.848. The van der Waals surface area contributed by atoms with E-state index in [1.807, 2.05) is 33.8 Å². The van der Waals surface area contributed by atoms with Gasteiger partial charge in [0.05, 0.1) is 11.6 Å². The van der Waals surface area contributed by atoms with Crippen molar-refractivity contribution in [2.75, 3.05) is 5.32 Å². The fourth-order valence-electron chi connectivity index (χ4n) is 1.50. The first-order valence-electron chi connectivity index (χ1n) is 5.62. The van der Waals surface area contributed by atoms with Crippen molar-refractivity contribution in [1.82, 2.24) is 0 Å². The zero-order valence-corrected chi connectivity index (χ0v) is 10.8. The second kappa shape index (κ2) is 5.01. The topological polar surface area (TPSA) is 52.9 Å². The maximum atomic E-state index is 11.8. The van der Waals surface area contributed by atoms with E-state index >= 15 is 0 Å². The van der Waals surface area contributed by atoms with Crippen molar-refractivity contribution in [2.45, 2.75) is 34.1 Å². The van der Waals surface area contributed by atoms with Gasteiger partial charge >= 0.3 is 0 Å². The number of anilines is 1. The highest BCUT2D eigenvalue weighted by atomic mass is 16.1. The lowest BCUT2D eigenvalue weighted by Crippen LogP contribution is -2.20. The van der Waals surface area contributed by atoms with Crippen molar-refractivity contribution < 1.29 is 4.79 Å². The summed E-state index contributed by atoms with van der Waals surface area (Å²) in [5, 5.41) is 11.7. The summed E-state index contributed by atoms with van der Waals surface area (Å²) in [6.07, 6.45) is 0.462. The molecular formula is C14H18N2O. The Bertz CT molecular complexity index is 464. The number of nitrogens with one attached hydrogen (secondary N) is 1. The van der Waals surface area contributed by atoms with Crippen LogP contribution in [0.15, 0.2) is 18.2 Å². The van der Waals surface area contributed by atoms with Crippen LogP contribution in [0.25, 0.3) is 0 Å². The number of aryl methyl sites for hydroxylation is 1. The minimum absolute atomic E-state index is 0.0179. The van der Waals surface area contributed by atoms with E-state index in [1.165, 1.54) is 0 Å². The van der Waals surface area contributed by atoms with Gasteiger partial charge in [-0.15, -0.1) is 0 Å². The molecule has 1 aromatic rings. The maximum absolute atomic E-state index is 11.8. The number of rotatable bonds is 2. The molecule has 0 unspecified atom stereocenters. The van der Waals surface area contributed by atoms with Gasteiger partial charge in [0.15, 0.2) is 0 Å². The molecule has 0 saturated heterocycles. The van der Waals surface area contributed by atoms with Crippen molar-refractivity contribution in [3.63, 3.8) is 0 Å². The third-order valence-corrected chi connectivity index (χ3v) is 2.33. The van der Waals surface area contributed by atoms with Gasteiger partial charge in [-0.1, -0.05) is 26.8 Å². The molecule has 0 spiro atoms. The summed E-state index contributed by atoms with van der Waals surface area (Å²) in [7, 11) is 0. The average molecular weight is 230 g/mol. The second-order valence-electron chi connectivity index (χ2n) is 5.43. The molecule has 90 valence electrons.